The first-order valence-electron chi connectivity index (χ1n) is 7.41. The molecule has 0 spiro atoms. The lowest BCUT2D eigenvalue weighted by atomic mass is 10.3. The molecule has 1 aliphatic heterocycles. The molecule has 1 aliphatic rings. The van der Waals surface area contributed by atoms with Crippen LogP contribution in [-0.4, -0.2) is 39.6 Å². The maximum absolute atomic E-state index is 12.4. The molecule has 3 rings (SSSR count). The number of methoxy groups -OCH3 is 1. The Morgan fingerprint density at radius 2 is 2.00 bits per heavy atom. The minimum Gasteiger partial charge on any atom is -0.497 e. The monoisotopic (exact) mass is 333 g/mol. The van der Waals surface area contributed by atoms with E-state index in [0.717, 1.165) is 18.8 Å². The minimum absolute atomic E-state index is 0.121. The van der Waals surface area contributed by atoms with Gasteiger partial charge in [0.1, 0.15) is 11.6 Å². The van der Waals surface area contributed by atoms with Crippen molar-refractivity contribution >= 4 is 15.8 Å². The van der Waals surface area contributed by atoms with Crippen LogP contribution in [-0.2, 0) is 10.0 Å². The van der Waals surface area contributed by atoms with Gasteiger partial charge in [0.25, 0.3) is 0 Å². The second-order valence-electron chi connectivity index (χ2n) is 5.42. The first kappa shape index (κ1) is 15.8. The van der Waals surface area contributed by atoms with E-state index in [2.05, 4.69) is 14.6 Å². The molecule has 1 saturated heterocycles. The van der Waals surface area contributed by atoms with E-state index >= 15 is 0 Å². The van der Waals surface area contributed by atoms with Gasteiger partial charge < -0.3 is 9.64 Å². The first-order chi connectivity index (χ1) is 11.1. The maximum atomic E-state index is 12.4. The van der Waals surface area contributed by atoms with E-state index in [1.165, 1.54) is 0 Å². The van der Waals surface area contributed by atoms with E-state index < -0.39 is 10.0 Å². The number of nitrogens with one attached hydrogen (secondary N) is 1. The predicted octanol–water partition coefficient (Wildman–Crippen LogP) is 1.65. The molecule has 23 heavy (non-hydrogen) atoms. The number of rotatable bonds is 5. The normalized spacial score (nSPS) is 18.1. The molecule has 2 heterocycles. The molecule has 1 atom stereocenters. The number of aromatic nitrogens is 1. The largest absolute Gasteiger partial charge is 0.497 e. The number of hydrogen-bond acceptors (Lipinski definition) is 5. The van der Waals surface area contributed by atoms with Crippen LogP contribution in [0.5, 0.6) is 5.75 Å². The van der Waals surface area contributed by atoms with E-state index in [-0.39, 0.29) is 10.9 Å². The van der Waals surface area contributed by atoms with E-state index in [4.69, 9.17) is 4.74 Å². The minimum atomic E-state index is -3.53. The average molecular weight is 333 g/mol. The van der Waals surface area contributed by atoms with Gasteiger partial charge >= 0.3 is 0 Å². The molecular formula is C16H19N3O3S. The molecule has 1 unspecified atom stereocenters. The lowest BCUT2D eigenvalue weighted by Gasteiger charge is -2.17. The molecule has 0 amide bonds. The Morgan fingerprint density at radius 3 is 2.65 bits per heavy atom. The Balaban J connectivity index is 1.67. The summed E-state index contributed by atoms with van der Waals surface area (Å²) in [7, 11) is -1.98. The Kier molecular flexibility index (Phi) is 4.49. The summed E-state index contributed by atoms with van der Waals surface area (Å²) in [4.78, 5) is 6.63. The molecule has 0 bridgehead atoms. The third-order valence-electron chi connectivity index (χ3n) is 3.85. The van der Waals surface area contributed by atoms with Gasteiger partial charge in [0.2, 0.25) is 10.0 Å². The molecule has 1 aromatic heterocycles. The summed E-state index contributed by atoms with van der Waals surface area (Å²) in [5.74, 6) is 1.50. The van der Waals surface area contributed by atoms with Crippen molar-refractivity contribution in [3.05, 3.63) is 48.7 Å². The molecule has 1 fully saturated rings. The second-order valence-corrected chi connectivity index (χ2v) is 7.13. The number of hydrogen-bond donors (Lipinski definition) is 1. The van der Waals surface area contributed by atoms with Crippen LogP contribution >= 0.6 is 0 Å². The van der Waals surface area contributed by atoms with Gasteiger partial charge in [-0.3, -0.25) is 0 Å². The number of sulfonamides is 1. The Morgan fingerprint density at radius 1 is 1.22 bits per heavy atom. The van der Waals surface area contributed by atoms with Crippen LogP contribution in [0.3, 0.4) is 0 Å². The van der Waals surface area contributed by atoms with Crippen molar-refractivity contribution < 1.29 is 13.2 Å². The SMILES string of the molecule is COc1ccc(S(=O)(=O)NC2CCN(c3ccccn3)C2)cc1. The quantitative estimate of drug-likeness (QED) is 0.901. The molecule has 0 radical (unpaired) electrons. The topological polar surface area (TPSA) is 71.5 Å². The van der Waals surface area contributed by atoms with Crippen molar-refractivity contribution in [3.63, 3.8) is 0 Å². The van der Waals surface area contributed by atoms with Crippen molar-refractivity contribution in [1.82, 2.24) is 9.71 Å². The smallest absolute Gasteiger partial charge is 0.240 e. The maximum Gasteiger partial charge on any atom is 0.240 e. The zero-order chi connectivity index (χ0) is 16.3. The fraction of sp³-hybridized carbons (Fsp3) is 0.312. The Hall–Kier alpha value is -2.12. The summed E-state index contributed by atoms with van der Waals surface area (Å²) >= 11 is 0. The van der Waals surface area contributed by atoms with Crippen molar-refractivity contribution in [2.45, 2.75) is 17.4 Å². The van der Waals surface area contributed by atoms with Crippen LogP contribution in [0.25, 0.3) is 0 Å². The summed E-state index contributed by atoms with van der Waals surface area (Å²) < 4.78 is 32.7. The van der Waals surface area contributed by atoms with Crippen molar-refractivity contribution in [2.24, 2.45) is 0 Å². The number of nitrogens with zero attached hydrogens (tertiary/aromatic N) is 2. The van der Waals surface area contributed by atoms with Crippen LogP contribution in [0.15, 0.2) is 53.6 Å². The lowest BCUT2D eigenvalue weighted by Crippen LogP contribution is -2.37. The Bertz CT molecular complexity index is 748. The zero-order valence-corrected chi connectivity index (χ0v) is 13.7. The van der Waals surface area contributed by atoms with Gasteiger partial charge in [0.15, 0.2) is 0 Å². The van der Waals surface area contributed by atoms with Gasteiger partial charge in [-0.15, -0.1) is 0 Å². The highest BCUT2D eigenvalue weighted by Gasteiger charge is 2.27. The van der Waals surface area contributed by atoms with Gasteiger partial charge in [0, 0.05) is 25.3 Å². The van der Waals surface area contributed by atoms with Crippen LogP contribution in [0, 0.1) is 0 Å². The van der Waals surface area contributed by atoms with Gasteiger partial charge in [-0.2, -0.15) is 0 Å². The van der Waals surface area contributed by atoms with Gasteiger partial charge in [-0.1, -0.05) is 6.07 Å². The third-order valence-corrected chi connectivity index (χ3v) is 5.39. The molecule has 0 saturated carbocycles. The van der Waals surface area contributed by atoms with Gasteiger partial charge in [-0.05, 0) is 42.8 Å². The molecular weight excluding hydrogens is 314 g/mol. The fourth-order valence-electron chi connectivity index (χ4n) is 2.65. The first-order valence-corrected chi connectivity index (χ1v) is 8.89. The van der Waals surface area contributed by atoms with Gasteiger partial charge in [0.05, 0.1) is 12.0 Å². The summed E-state index contributed by atoms with van der Waals surface area (Å²) in [6.45, 7) is 1.40. The molecule has 2 aromatic rings. The van der Waals surface area contributed by atoms with Crippen LogP contribution in [0.1, 0.15) is 6.42 Å². The van der Waals surface area contributed by atoms with Crippen LogP contribution in [0.4, 0.5) is 5.82 Å². The highest BCUT2D eigenvalue weighted by atomic mass is 32.2. The third kappa shape index (κ3) is 3.62. The molecule has 1 aromatic carbocycles. The highest BCUT2D eigenvalue weighted by molar-refractivity contribution is 7.89. The van der Waals surface area contributed by atoms with E-state index in [0.29, 0.717) is 12.3 Å². The molecule has 122 valence electrons. The number of pyridine rings is 1. The fourth-order valence-corrected chi connectivity index (χ4v) is 3.91. The average Bonchev–Trinajstić information content (AvgIpc) is 3.03. The summed E-state index contributed by atoms with van der Waals surface area (Å²) in [6, 6.07) is 12.0. The lowest BCUT2D eigenvalue weighted by molar-refractivity contribution is 0.414. The van der Waals surface area contributed by atoms with Crippen LogP contribution in [0.2, 0.25) is 0 Å². The van der Waals surface area contributed by atoms with E-state index in [1.807, 2.05) is 18.2 Å². The number of anilines is 1. The summed E-state index contributed by atoms with van der Waals surface area (Å²) in [6.07, 6.45) is 2.50. The number of ether oxygens (including phenoxy) is 1. The van der Waals surface area contributed by atoms with Crippen LogP contribution < -0.4 is 14.4 Å². The summed E-state index contributed by atoms with van der Waals surface area (Å²) in [5, 5.41) is 0. The predicted molar refractivity (Wildman–Crippen MR) is 88.2 cm³/mol. The molecule has 0 aliphatic carbocycles. The second kappa shape index (κ2) is 6.55. The van der Waals surface area contributed by atoms with Crippen molar-refractivity contribution in [2.75, 3.05) is 25.1 Å². The number of benzene rings is 1. The molecule has 7 heteroatoms. The summed E-state index contributed by atoms with van der Waals surface area (Å²) in [5.41, 5.74) is 0. The van der Waals surface area contributed by atoms with Crippen molar-refractivity contribution in [3.8, 4) is 5.75 Å². The molecule has 1 N–H and O–H groups in total. The van der Waals surface area contributed by atoms with Gasteiger partial charge in [-0.25, -0.2) is 18.1 Å². The van der Waals surface area contributed by atoms with Crippen molar-refractivity contribution in [1.29, 1.82) is 0 Å². The standard InChI is InChI=1S/C16H19N3O3S/c1-22-14-5-7-15(8-6-14)23(20,21)18-13-9-11-19(12-13)16-4-2-3-10-17-16/h2-8,10,13,18H,9,11-12H2,1H3. The van der Waals surface area contributed by atoms with E-state index in [1.54, 1.807) is 37.6 Å². The zero-order valence-electron chi connectivity index (χ0n) is 12.8. The Labute approximate surface area is 136 Å². The highest BCUT2D eigenvalue weighted by Crippen LogP contribution is 2.20. The molecule has 6 nitrogen and oxygen atoms in total. The van der Waals surface area contributed by atoms with E-state index in [9.17, 15) is 8.42 Å².